The van der Waals surface area contributed by atoms with Crippen LogP contribution in [-0.4, -0.2) is 39.4 Å². The van der Waals surface area contributed by atoms with E-state index in [2.05, 4.69) is 22.7 Å². The van der Waals surface area contributed by atoms with Gasteiger partial charge in [0.1, 0.15) is 17.1 Å². The maximum atomic E-state index is 13.9. The minimum absolute atomic E-state index is 0.0107. The summed E-state index contributed by atoms with van der Waals surface area (Å²) in [7, 11) is 0. The third-order valence-corrected chi connectivity index (χ3v) is 7.48. The SMILES string of the molecule is Cc1cc(NC(=O)CCC(=O)N(Cc2ccco2)[C@@]2(C(=O)NC3CCCC3)CCCC[C@H]2C)no1. The molecule has 2 atom stereocenters. The molecule has 0 bridgehead atoms. The first-order chi connectivity index (χ1) is 16.9. The zero-order valence-corrected chi connectivity index (χ0v) is 20.7. The number of carbonyl (C=O) groups excluding carboxylic acids is 3. The molecule has 4 rings (SSSR count). The van der Waals surface area contributed by atoms with Gasteiger partial charge in [-0.1, -0.05) is 37.8 Å². The Morgan fingerprint density at radius 2 is 1.91 bits per heavy atom. The van der Waals surface area contributed by atoms with Crippen LogP contribution in [0.4, 0.5) is 5.82 Å². The first kappa shape index (κ1) is 25.0. The number of nitrogens with zero attached hydrogens (tertiary/aromatic N) is 2. The van der Waals surface area contributed by atoms with Gasteiger partial charge < -0.3 is 24.5 Å². The maximum Gasteiger partial charge on any atom is 0.246 e. The van der Waals surface area contributed by atoms with Crippen LogP contribution in [0.2, 0.25) is 0 Å². The van der Waals surface area contributed by atoms with Crippen molar-refractivity contribution in [2.75, 3.05) is 5.32 Å². The standard InChI is InChI=1S/C26H36N4O5/c1-18-8-5-6-14-26(18,25(33)27-20-9-3-4-10-20)30(17-21-11-7-15-34-21)24(32)13-12-23(31)28-22-16-19(2)35-29-22/h7,11,15-16,18,20H,3-6,8-10,12-14,17H2,1-2H3,(H,27,33)(H,28,29,31)/t18-,26+/m1/s1. The molecule has 2 aliphatic carbocycles. The monoisotopic (exact) mass is 484 g/mol. The van der Waals surface area contributed by atoms with Crippen molar-refractivity contribution in [3.05, 3.63) is 36.0 Å². The summed E-state index contributed by atoms with van der Waals surface area (Å²) in [5.41, 5.74) is -0.968. The van der Waals surface area contributed by atoms with Gasteiger partial charge in [0.25, 0.3) is 0 Å². The summed E-state index contributed by atoms with van der Waals surface area (Å²) in [6.07, 6.45) is 9.08. The predicted octanol–water partition coefficient (Wildman–Crippen LogP) is 4.33. The Labute approximate surface area is 206 Å². The lowest BCUT2D eigenvalue weighted by Crippen LogP contribution is -2.65. The molecule has 2 N–H and O–H groups in total. The molecule has 2 fully saturated rings. The smallest absolute Gasteiger partial charge is 0.246 e. The van der Waals surface area contributed by atoms with Gasteiger partial charge in [0.05, 0.1) is 12.8 Å². The number of aromatic nitrogens is 1. The molecule has 2 saturated carbocycles. The van der Waals surface area contributed by atoms with Crippen molar-refractivity contribution in [1.29, 1.82) is 0 Å². The quantitative estimate of drug-likeness (QED) is 0.547. The second-order valence-electron chi connectivity index (χ2n) is 9.96. The Balaban J connectivity index is 1.54. The molecular weight excluding hydrogens is 448 g/mol. The number of anilines is 1. The van der Waals surface area contributed by atoms with Crippen LogP contribution in [0.1, 0.15) is 82.7 Å². The Hall–Kier alpha value is -3.10. The van der Waals surface area contributed by atoms with E-state index in [1.165, 1.54) is 0 Å². The largest absolute Gasteiger partial charge is 0.467 e. The number of nitrogens with one attached hydrogen (secondary N) is 2. The lowest BCUT2D eigenvalue weighted by molar-refractivity contribution is -0.156. The van der Waals surface area contributed by atoms with E-state index >= 15 is 0 Å². The van der Waals surface area contributed by atoms with Crippen LogP contribution in [0.3, 0.4) is 0 Å². The summed E-state index contributed by atoms with van der Waals surface area (Å²) >= 11 is 0. The number of carbonyl (C=O) groups is 3. The Morgan fingerprint density at radius 3 is 2.57 bits per heavy atom. The van der Waals surface area contributed by atoms with E-state index in [4.69, 9.17) is 8.94 Å². The third kappa shape index (κ3) is 5.77. The fraction of sp³-hybridized carbons (Fsp3) is 0.615. The van der Waals surface area contributed by atoms with Crippen molar-refractivity contribution in [1.82, 2.24) is 15.4 Å². The van der Waals surface area contributed by atoms with E-state index < -0.39 is 5.54 Å². The van der Waals surface area contributed by atoms with Gasteiger partial charge in [-0.25, -0.2) is 0 Å². The molecule has 2 aliphatic rings. The Morgan fingerprint density at radius 1 is 1.14 bits per heavy atom. The average Bonchev–Trinajstić information content (AvgIpc) is 3.61. The fourth-order valence-electron chi connectivity index (χ4n) is 5.57. The average molecular weight is 485 g/mol. The molecule has 3 amide bonds. The minimum atomic E-state index is -0.968. The minimum Gasteiger partial charge on any atom is -0.467 e. The molecule has 9 nitrogen and oxygen atoms in total. The van der Waals surface area contributed by atoms with Crippen molar-refractivity contribution in [2.24, 2.45) is 5.92 Å². The lowest BCUT2D eigenvalue weighted by Gasteiger charge is -2.49. The summed E-state index contributed by atoms with van der Waals surface area (Å²) in [5.74, 6) is 0.881. The predicted molar refractivity (Wildman–Crippen MR) is 129 cm³/mol. The molecule has 0 spiro atoms. The van der Waals surface area contributed by atoms with Crippen molar-refractivity contribution >= 4 is 23.5 Å². The van der Waals surface area contributed by atoms with Crippen molar-refractivity contribution < 1.29 is 23.3 Å². The molecule has 2 heterocycles. The number of furan rings is 1. The van der Waals surface area contributed by atoms with Crippen LogP contribution in [0.25, 0.3) is 0 Å². The van der Waals surface area contributed by atoms with Gasteiger partial charge in [-0.15, -0.1) is 0 Å². The molecule has 190 valence electrons. The van der Waals surface area contributed by atoms with Crippen LogP contribution in [-0.2, 0) is 20.9 Å². The van der Waals surface area contributed by atoms with E-state index in [9.17, 15) is 14.4 Å². The highest BCUT2D eigenvalue weighted by atomic mass is 16.5. The van der Waals surface area contributed by atoms with E-state index in [1.54, 1.807) is 30.2 Å². The van der Waals surface area contributed by atoms with Crippen LogP contribution in [0.15, 0.2) is 33.4 Å². The zero-order chi connectivity index (χ0) is 24.8. The summed E-state index contributed by atoms with van der Waals surface area (Å²) in [5, 5.41) is 9.70. The van der Waals surface area contributed by atoms with Gasteiger partial charge in [-0.3, -0.25) is 14.4 Å². The highest BCUT2D eigenvalue weighted by molar-refractivity contribution is 5.95. The number of rotatable bonds is 9. The van der Waals surface area contributed by atoms with Crippen LogP contribution in [0.5, 0.6) is 0 Å². The Bertz CT molecular complexity index is 1010. The Kier molecular flexibility index (Phi) is 7.93. The number of hydrogen-bond acceptors (Lipinski definition) is 6. The van der Waals surface area contributed by atoms with Crippen molar-refractivity contribution in [3.63, 3.8) is 0 Å². The lowest BCUT2D eigenvalue weighted by atomic mass is 9.71. The van der Waals surface area contributed by atoms with Crippen LogP contribution < -0.4 is 10.6 Å². The highest BCUT2D eigenvalue weighted by Gasteiger charge is 2.51. The topological polar surface area (TPSA) is 118 Å². The van der Waals surface area contributed by atoms with Gasteiger partial charge in [-0.05, 0) is 50.7 Å². The maximum absolute atomic E-state index is 13.9. The van der Waals surface area contributed by atoms with Gasteiger partial charge in [0, 0.05) is 24.9 Å². The second-order valence-corrected chi connectivity index (χ2v) is 9.96. The molecule has 0 radical (unpaired) electrons. The first-order valence-corrected chi connectivity index (χ1v) is 12.8. The number of amides is 3. The highest BCUT2D eigenvalue weighted by Crippen LogP contribution is 2.41. The molecule has 2 aromatic heterocycles. The molecule has 0 unspecified atom stereocenters. The summed E-state index contributed by atoms with van der Waals surface area (Å²) in [6.45, 7) is 3.99. The van der Waals surface area contributed by atoms with E-state index in [1.807, 2.05) is 6.07 Å². The van der Waals surface area contributed by atoms with E-state index in [-0.39, 0.29) is 49.1 Å². The zero-order valence-electron chi connectivity index (χ0n) is 20.7. The molecule has 0 aliphatic heterocycles. The number of hydrogen-bond donors (Lipinski definition) is 2. The molecule has 9 heteroatoms. The normalized spacial score (nSPS) is 22.6. The fourth-order valence-corrected chi connectivity index (χ4v) is 5.57. The van der Waals surface area contributed by atoms with Gasteiger partial charge >= 0.3 is 0 Å². The third-order valence-electron chi connectivity index (χ3n) is 7.48. The van der Waals surface area contributed by atoms with Crippen LogP contribution >= 0.6 is 0 Å². The molecule has 0 saturated heterocycles. The van der Waals surface area contributed by atoms with Crippen LogP contribution in [0, 0.1) is 12.8 Å². The molecular formula is C26H36N4O5. The van der Waals surface area contributed by atoms with E-state index in [0.717, 1.165) is 44.9 Å². The second kappa shape index (κ2) is 11.1. The molecule has 2 aromatic rings. The van der Waals surface area contributed by atoms with Crippen molar-refractivity contribution in [3.8, 4) is 0 Å². The van der Waals surface area contributed by atoms with E-state index in [0.29, 0.717) is 23.8 Å². The summed E-state index contributed by atoms with van der Waals surface area (Å²) in [6, 6.07) is 5.37. The molecule has 0 aromatic carbocycles. The summed E-state index contributed by atoms with van der Waals surface area (Å²) in [4.78, 5) is 41.8. The van der Waals surface area contributed by atoms with Gasteiger partial charge in [-0.2, -0.15) is 0 Å². The van der Waals surface area contributed by atoms with Gasteiger partial charge in [0.2, 0.25) is 17.7 Å². The first-order valence-electron chi connectivity index (χ1n) is 12.8. The number of aryl methyl sites for hydroxylation is 1. The van der Waals surface area contributed by atoms with Gasteiger partial charge in [0.15, 0.2) is 5.82 Å². The molecule has 35 heavy (non-hydrogen) atoms. The summed E-state index contributed by atoms with van der Waals surface area (Å²) < 4.78 is 10.6. The van der Waals surface area contributed by atoms with Crippen molar-refractivity contribution in [2.45, 2.75) is 96.2 Å².